The SMILES string of the molecule is CCNCc1cc(Nc2cccc(C(F)(F)F)n2)ccc1OC. The first-order valence-corrected chi connectivity index (χ1v) is 7.13. The van der Waals surface area contributed by atoms with Crippen molar-refractivity contribution in [1.29, 1.82) is 0 Å². The first-order chi connectivity index (χ1) is 10.9. The normalized spacial score (nSPS) is 11.3. The zero-order chi connectivity index (χ0) is 16.9. The first kappa shape index (κ1) is 17.1. The van der Waals surface area contributed by atoms with Crippen molar-refractivity contribution in [3.05, 3.63) is 47.7 Å². The van der Waals surface area contributed by atoms with E-state index in [0.717, 1.165) is 18.2 Å². The molecule has 0 fully saturated rings. The maximum Gasteiger partial charge on any atom is 0.433 e. The fraction of sp³-hybridized carbons (Fsp3) is 0.312. The van der Waals surface area contributed by atoms with Gasteiger partial charge in [0.25, 0.3) is 0 Å². The number of aromatic nitrogens is 1. The van der Waals surface area contributed by atoms with Gasteiger partial charge < -0.3 is 15.4 Å². The second-order valence-corrected chi connectivity index (χ2v) is 4.84. The van der Waals surface area contributed by atoms with Gasteiger partial charge >= 0.3 is 6.18 Å². The molecule has 0 aliphatic carbocycles. The highest BCUT2D eigenvalue weighted by Crippen LogP contribution is 2.29. The largest absolute Gasteiger partial charge is 0.496 e. The van der Waals surface area contributed by atoms with E-state index < -0.39 is 11.9 Å². The van der Waals surface area contributed by atoms with Gasteiger partial charge in [0.1, 0.15) is 17.3 Å². The lowest BCUT2D eigenvalue weighted by atomic mass is 10.1. The molecule has 124 valence electrons. The van der Waals surface area contributed by atoms with Crippen LogP contribution in [0.2, 0.25) is 0 Å². The Bertz CT molecular complexity index is 659. The molecule has 1 aromatic heterocycles. The van der Waals surface area contributed by atoms with Crippen LogP contribution in [0.15, 0.2) is 36.4 Å². The molecule has 2 N–H and O–H groups in total. The van der Waals surface area contributed by atoms with Gasteiger partial charge in [-0.15, -0.1) is 0 Å². The number of hydrogen-bond acceptors (Lipinski definition) is 4. The van der Waals surface area contributed by atoms with E-state index in [2.05, 4.69) is 15.6 Å². The number of nitrogens with one attached hydrogen (secondary N) is 2. The predicted octanol–water partition coefficient (Wildman–Crippen LogP) is 3.96. The van der Waals surface area contributed by atoms with Gasteiger partial charge in [0, 0.05) is 17.8 Å². The fourth-order valence-electron chi connectivity index (χ4n) is 2.06. The van der Waals surface area contributed by atoms with Crippen molar-refractivity contribution in [2.75, 3.05) is 19.0 Å². The lowest BCUT2D eigenvalue weighted by Gasteiger charge is -2.13. The van der Waals surface area contributed by atoms with Crippen molar-refractivity contribution in [2.45, 2.75) is 19.6 Å². The highest BCUT2D eigenvalue weighted by Gasteiger charge is 2.32. The summed E-state index contributed by atoms with van der Waals surface area (Å²) < 4.78 is 43.4. The minimum Gasteiger partial charge on any atom is -0.496 e. The van der Waals surface area contributed by atoms with Gasteiger partial charge in [0.05, 0.1) is 7.11 Å². The number of benzene rings is 1. The maximum absolute atomic E-state index is 12.7. The van der Waals surface area contributed by atoms with E-state index >= 15 is 0 Å². The third kappa shape index (κ3) is 4.59. The Kier molecular flexibility index (Phi) is 5.44. The van der Waals surface area contributed by atoms with Crippen LogP contribution >= 0.6 is 0 Å². The van der Waals surface area contributed by atoms with E-state index in [1.807, 2.05) is 13.0 Å². The molecule has 0 saturated heterocycles. The molecular formula is C16H18F3N3O. The zero-order valence-corrected chi connectivity index (χ0v) is 12.9. The summed E-state index contributed by atoms with van der Waals surface area (Å²) in [6.45, 7) is 3.39. The molecule has 2 aromatic rings. The molecule has 0 bridgehead atoms. The standard InChI is InChI=1S/C16H18F3N3O/c1-3-20-10-11-9-12(7-8-13(11)23-2)21-15-6-4-5-14(22-15)16(17,18)19/h4-9,20H,3,10H2,1-2H3,(H,21,22). The van der Waals surface area contributed by atoms with Gasteiger partial charge in [-0.25, -0.2) is 4.98 Å². The van der Waals surface area contributed by atoms with Crippen molar-refractivity contribution in [2.24, 2.45) is 0 Å². The first-order valence-electron chi connectivity index (χ1n) is 7.13. The Morgan fingerprint density at radius 3 is 2.61 bits per heavy atom. The Labute approximate surface area is 132 Å². The Morgan fingerprint density at radius 1 is 1.17 bits per heavy atom. The minimum absolute atomic E-state index is 0.138. The molecule has 0 aliphatic heterocycles. The summed E-state index contributed by atoms with van der Waals surface area (Å²) in [6.07, 6.45) is -4.46. The van der Waals surface area contributed by atoms with E-state index in [9.17, 15) is 13.2 Å². The molecule has 0 atom stereocenters. The summed E-state index contributed by atoms with van der Waals surface area (Å²) in [7, 11) is 1.58. The average molecular weight is 325 g/mol. The number of hydrogen-bond donors (Lipinski definition) is 2. The number of pyridine rings is 1. The van der Waals surface area contributed by atoms with Crippen LogP contribution in [0.3, 0.4) is 0 Å². The molecule has 7 heteroatoms. The van der Waals surface area contributed by atoms with E-state index in [1.54, 1.807) is 19.2 Å². The molecule has 23 heavy (non-hydrogen) atoms. The lowest BCUT2D eigenvalue weighted by molar-refractivity contribution is -0.141. The van der Waals surface area contributed by atoms with E-state index in [4.69, 9.17) is 4.74 Å². The van der Waals surface area contributed by atoms with Gasteiger partial charge in [-0.3, -0.25) is 0 Å². The molecule has 1 heterocycles. The summed E-state index contributed by atoms with van der Waals surface area (Å²) >= 11 is 0. The third-order valence-electron chi connectivity index (χ3n) is 3.16. The lowest BCUT2D eigenvalue weighted by Crippen LogP contribution is -2.13. The smallest absolute Gasteiger partial charge is 0.433 e. The van der Waals surface area contributed by atoms with Crippen molar-refractivity contribution >= 4 is 11.5 Å². The number of ether oxygens (including phenoxy) is 1. The molecular weight excluding hydrogens is 307 g/mol. The van der Waals surface area contributed by atoms with Gasteiger partial charge in [-0.2, -0.15) is 13.2 Å². The number of rotatable bonds is 6. The molecule has 0 spiro atoms. The molecule has 2 rings (SSSR count). The monoisotopic (exact) mass is 325 g/mol. The second-order valence-electron chi connectivity index (χ2n) is 4.84. The number of methoxy groups -OCH3 is 1. The highest BCUT2D eigenvalue weighted by atomic mass is 19.4. The Morgan fingerprint density at radius 2 is 1.96 bits per heavy atom. The zero-order valence-electron chi connectivity index (χ0n) is 12.9. The van der Waals surface area contributed by atoms with Crippen LogP contribution in [-0.4, -0.2) is 18.6 Å². The summed E-state index contributed by atoms with van der Waals surface area (Å²) in [5.74, 6) is 0.855. The van der Waals surface area contributed by atoms with Gasteiger partial charge in [-0.05, 0) is 36.9 Å². The van der Waals surface area contributed by atoms with Gasteiger partial charge in [0.2, 0.25) is 0 Å². The van der Waals surface area contributed by atoms with Crippen LogP contribution in [-0.2, 0) is 12.7 Å². The van der Waals surface area contributed by atoms with Crippen molar-refractivity contribution in [3.63, 3.8) is 0 Å². The van der Waals surface area contributed by atoms with E-state index in [1.165, 1.54) is 12.1 Å². The highest BCUT2D eigenvalue weighted by molar-refractivity contribution is 5.59. The maximum atomic E-state index is 12.7. The molecule has 0 amide bonds. The van der Waals surface area contributed by atoms with Crippen LogP contribution in [0, 0.1) is 0 Å². The molecule has 0 saturated carbocycles. The fourth-order valence-corrected chi connectivity index (χ4v) is 2.06. The van der Waals surface area contributed by atoms with Crippen LogP contribution in [0.5, 0.6) is 5.75 Å². The van der Waals surface area contributed by atoms with E-state index in [0.29, 0.717) is 18.0 Å². The number of anilines is 2. The molecule has 0 aliphatic rings. The van der Waals surface area contributed by atoms with Crippen LogP contribution in [0.4, 0.5) is 24.7 Å². The van der Waals surface area contributed by atoms with Crippen LogP contribution in [0.1, 0.15) is 18.2 Å². The molecule has 0 unspecified atom stereocenters. The minimum atomic E-state index is -4.46. The quantitative estimate of drug-likeness (QED) is 0.844. The topological polar surface area (TPSA) is 46.2 Å². The van der Waals surface area contributed by atoms with Crippen molar-refractivity contribution in [3.8, 4) is 5.75 Å². The second kappa shape index (κ2) is 7.32. The Balaban J connectivity index is 2.23. The summed E-state index contributed by atoms with van der Waals surface area (Å²) in [5.41, 5.74) is 0.626. The molecule has 1 aromatic carbocycles. The van der Waals surface area contributed by atoms with Crippen LogP contribution in [0.25, 0.3) is 0 Å². The summed E-state index contributed by atoms with van der Waals surface area (Å²) in [5, 5.41) is 6.08. The third-order valence-corrected chi connectivity index (χ3v) is 3.16. The van der Waals surface area contributed by atoms with Gasteiger partial charge in [0.15, 0.2) is 0 Å². The van der Waals surface area contributed by atoms with Gasteiger partial charge in [-0.1, -0.05) is 13.0 Å². The predicted molar refractivity (Wildman–Crippen MR) is 82.9 cm³/mol. The number of halogens is 3. The molecule has 4 nitrogen and oxygen atoms in total. The van der Waals surface area contributed by atoms with Crippen molar-refractivity contribution < 1.29 is 17.9 Å². The number of alkyl halides is 3. The van der Waals surface area contributed by atoms with Crippen LogP contribution < -0.4 is 15.4 Å². The Hall–Kier alpha value is -2.28. The summed E-state index contributed by atoms with van der Waals surface area (Å²) in [4.78, 5) is 3.59. The summed E-state index contributed by atoms with van der Waals surface area (Å²) in [6, 6.07) is 9.07. The van der Waals surface area contributed by atoms with E-state index in [-0.39, 0.29) is 5.82 Å². The van der Waals surface area contributed by atoms with Crippen molar-refractivity contribution in [1.82, 2.24) is 10.3 Å². The number of nitrogens with zero attached hydrogens (tertiary/aromatic N) is 1. The average Bonchev–Trinajstić information content (AvgIpc) is 2.52. The molecule has 0 radical (unpaired) electrons.